The van der Waals surface area contributed by atoms with E-state index in [9.17, 15) is 0 Å². The largest absolute Gasteiger partial charge is 0.457 e. The van der Waals surface area contributed by atoms with E-state index in [1.165, 1.54) is 27.9 Å². The molecule has 1 aliphatic heterocycles. The van der Waals surface area contributed by atoms with Crippen LogP contribution < -0.4 is 14.5 Å². The molecule has 11 rings (SSSR count). The van der Waals surface area contributed by atoms with E-state index in [1.54, 1.807) is 0 Å². The highest BCUT2D eigenvalue weighted by molar-refractivity contribution is 6.12. The average Bonchev–Trinajstić information content (AvgIpc) is 3.88. The molecule has 1 aliphatic rings. The molecule has 0 saturated carbocycles. The van der Waals surface area contributed by atoms with Crippen LogP contribution in [0.5, 0.6) is 11.5 Å². The van der Waals surface area contributed by atoms with Crippen molar-refractivity contribution in [2.24, 2.45) is 0 Å². The summed E-state index contributed by atoms with van der Waals surface area (Å²) in [6, 6.07) is 62.0. The Kier molecular flexibility index (Phi) is 7.04. The third-order valence-electron chi connectivity index (χ3n) is 10.9. The topological polar surface area (TPSA) is 38.5 Å². The summed E-state index contributed by atoms with van der Waals surface area (Å²) in [6.45, 7) is 0.778. The minimum atomic E-state index is 0.760. The molecule has 6 nitrogen and oxygen atoms in total. The lowest BCUT2D eigenvalue weighted by molar-refractivity contribution is 0.483. The molecule has 10 aromatic rings. The van der Waals surface area contributed by atoms with Crippen LogP contribution in [-0.2, 0) is 0 Å². The van der Waals surface area contributed by atoms with Gasteiger partial charge < -0.3 is 19.1 Å². The van der Waals surface area contributed by atoms with Gasteiger partial charge in [-0.25, -0.2) is 4.98 Å². The highest BCUT2D eigenvalue weighted by atomic mass is 16.5. The van der Waals surface area contributed by atoms with Crippen LogP contribution in [0.15, 0.2) is 182 Å². The van der Waals surface area contributed by atoms with Crippen molar-refractivity contribution in [1.82, 2.24) is 14.1 Å². The first-order valence-electron chi connectivity index (χ1n) is 18.6. The van der Waals surface area contributed by atoms with Gasteiger partial charge in [-0.2, -0.15) is 0 Å². The molecule has 55 heavy (non-hydrogen) atoms. The van der Waals surface area contributed by atoms with Crippen molar-refractivity contribution in [2.75, 3.05) is 23.5 Å². The van der Waals surface area contributed by atoms with Crippen molar-refractivity contribution in [2.45, 2.75) is 0 Å². The van der Waals surface area contributed by atoms with Gasteiger partial charge in [0.1, 0.15) is 17.3 Å². The Hall–Kier alpha value is -7.31. The van der Waals surface area contributed by atoms with Gasteiger partial charge in [0.15, 0.2) is 0 Å². The maximum absolute atomic E-state index is 6.69. The number of nitrogens with zero attached hydrogens (tertiary/aromatic N) is 5. The number of aromatic nitrogens is 3. The monoisotopic (exact) mass is 709 g/mol. The summed E-state index contributed by atoms with van der Waals surface area (Å²) in [5.74, 6) is 2.39. The lowest BCUT2D eigenvalue weighted by Crippen LogP contribution is -2.23. The summed E-state index contributed by atoms with van der Waals surface area (Å²) in [6.07, 6.45) is 2.03. The average molecular weight is 710 g/mol. The SMILES string of the molecule is CN1CN(c2cccc(Oc3ccc4c5cc(-c6ccccc6)ccc5n(-c5cc6c(cn5)c5ccccc5n6-c5ccccc5)c4c3)c2)c2ccccc21. The predicted molar refractivity (Wildman–Crippen MR) is 227 cm³/mol. The molecule has 0 radical (unpaired) electrons. The van der Waals surface area contributed by atoms with Crippen molar-refractivity contribution in [3.63, 3.8) is 0 Å². The first-order chi connectivity index (χ1) is 27.2. The maximum atomic E-state index is 6.69. The molecule has 3 aromatic heterocycles. The van der Waals surface area contributed by atoms with Gasteiger partial charge >= 0.3 is 0 Å². The molecule has 0 saturated heterocycles. The van der Waals surface area contributed by atoms with Gasteiger partial charge in [0.05, 0.1) is 40.1 Å². The van der Waals surface area contributed by atoms with Gasteiger partial charge in [-0.3, -0.25) is 4.57 Å². The van der Waals surface area contributed by atoms with Crippen molar-refractivity contribution >= 4 is 60.7 Å². The first-order valence-corrected chi connectivity index (χ1v) is 18.6. The van der Waals surface area contributed by atoms with Gasteiger partial charge in [0.2, 0.25) is 0 Å². The van der Waals surface area contributed by atoms with E-state index < -0.39 is 0 Å². The first kappa shape index (κ1) is 31.2. The van der Waals surface area contributed by atoms with Crippen LogP contribution in [-0.4, -0.2) is 27.8 Å². The second kappa shape index (κ2) is 12.4. The Morgan fingerprint density at radius 2 is 1.15 bits per heavy atom. The van der Waals surface area contributed by atoms with Crippen molar-refractivity contribution < 1.29 is 4.74 Å². The van der Waals surface area contributed by atoms with E-state index in [-0.39, 0.29) is 0 Å². The lowest BCUT2D eigenvalue weighted by atomic mass is 10.0. The maximum Gasteiger partial charge on any atom is 0.139 e. The fourth-order valence-corrected chi connectivity index (χ4v) is 8.40. The van der Waals surface area contributed by atoms with E-state index in [0.29, 0.717) is 0 Å². The van der Waals surface area contributed by atoms with Crippen LogP contribution in [0.1, 0.15) is 0 Å². The van der Waals surface area contributed by atoms with E-state index in [1.807, 2.05) is 12.3 Å². The second-order valence-corrected chi connectivity index (χ2v) is 14.2. The zero-order valence-corrected chi connectivity index (χ0v) is 30.2. The smallest absolute Gasteiger partial charge is 0.139 e. The van der Waals surface area contributed by atoms with Crippen molar-refractivity contribution in [3.05, 3.63) is 182 Å². The van der Waals surface area contributed by atoms with Crippen molar-refractivity contribution in [1.29, 1.82) is 0 Å². The van der Waals surface area contributed by atoms with Crippen LogP contribution in [0.2, 0.25) is 0 Å². The Labute approximate surface area is 318 Å². The summed E-state index contributed by atoms with van der Waals surface area (Å²) in [5.41, 5.74) is 11.3. The summed E-state index contributed by atoms with van der Waals surface area (Å²) in [7, 11) is 2.13. The number of pyridine rings is 1. The number of hydrogen-bond donors (Lipinski definition) is 0. The number of benzene rings is 7. The van der Waals surface area contributed by atoms with E-state index in [2.05, 4.69) is 196 Å². The third kappa shape index (κ3) is 5.06. The molecule has 6 heteroatoms. The Balaban J connectivity index is 1.08. The normalized spacial score (nSPS) is 12.7. The number of fused-ring (bicyclic) bond motifs is 7. The van der Waals surface area contributed by atoms with Crippen LogP contribution in [0.4, 0.5) is 17.1 Å². The summed E-state index contributed by atoms with van der Waals surface area (Å²) < 4.78 is 11.3. The van der Waals surface area contributed by atoms with Crippen LogP contribution in [0, 0.1) is 0 Å². The summed E-state index contributed by atoms with van der Waals surface area (Å²) >= 11 is 0. The summed E-state index contributed by atoms with van der Waals surface area (Å²) in [4.78, 5) is 9.77. The van der Waals surface area contributed by atoms with Gasteiger partial charge in [-0.1, -0.05) is 91.0 Å². The minimum Gasteiger partial charge on any atom is -0.457 e. The molecule has 262 valence electrons. The zero-order chi connectivity index (χ0) is 36.5. The molecule has 7 aromatic carbocycles. The minimum absolute atomic E-state index is 0.760. The molecule has 0 fully saturated rings. The van der Waals surface area contributed by atoms with Gasteiger partial charge in [0.25, 0.3) is 0 Å². The van der Waals surface area contributed by atoms with Gasteiger partial charge in [0, 0.05) is 64.4 Å². The fraction of sp³-hybridized carbons (Fsp3) is 0.0408. The van der Waals surface area contributed by atoms with Crippen LogP contribution in [0.3, 0.4) is 0 Å². The number of ether oxygens (including phenoxy) is 1. The standard InChI is InChI=1S/C49H35N5O/c1-51-32-52(46-22-11-10-21-45(46)51)36-17-12-18-37(28-36)55-38-24-25-40-41-27-34(33-13-4-2-5-14-33)23-26-44(41)54(47(40)29-38)49-30-48-42(31-50-49)39-19-8-9-20-43(39)53(48)35-15-6-3-7-16-35/h2-31H,32H2,1H3. The van der Waals surface area contributed by atoms with E-state index in [4.69, 9.17) is 9.72 Å². The second-order valence-electron chi connectivity index (χ2n) is 14.2. The molecule has 0 spiro atoms. The van der Waals surface area contributed by atoms with Crippen LogP contribution in [0.25, 0.3) is 66.2 Å². The quantitative estimate of drug-likeness (QED) is 0.172. The predicted octanol–water partition coefficient (Wildman–Crippen LogP) is 12.3. The Morgan fingerprint density at radius 3 is 2.02 bits per heavy atom. The molecule has 0 amide bonds. The van der Waals surface area contributed by atoms with E-state index in [0.717, 1.165) is 73.6 Å². The number of para-hydroxylation sites is 4. The molecule has 0 bridgehead atoms. The molecule has 0 aliphatic carbocycles. The molecule has 0 unspecified atom stereocenters. The van der Waals surface area contributed by atoms with E-state index >= 15 is 0 Å². The highest BCUT2D eigenvalue weighted by Gasteiger charge is 2.24. The van der Waals surface area contributed by atoms with Crippen LogP contribution >= 0.6 is 0 Å². The highest BCUT2D eigenvalue weighted by Crippen LogP contribution is 2.42. The Morgan fingerprint density at radius 1 is 0.455 bits per heavy atom. The number of rotatable bonds is 6. The molecular weight excluding hydrogens is 675 g/mol. The lowest BCUT2D eigenvalue weighted by Gasteiger charge is -2.20. The zero-order valence-electron chi connectivity index (χ0n) is 30.2. The third-order valence-corrected chi connectivity index (χ3v) is 10.9. The summed E-state index contributed by atoms with van der Waals surface area (Å²) in [5, 5.41) is 4.59. The van der Waals surface area contributed by atoms with Gasteiger partial charge in [-0.05, 0) is 77.9 Å². The number of hydrogen-bond acceptors (Lipinski definition) is 4. The Bertz CT molecular complexity index is 3070. The molecule has 4 heterocycles. The van der Waals surface area contributed by atoms with Gasteiger partial charge in [-0.15, -0.1) is 0 Å². The molecule has 0 atom stereocenters. The molecule has 0 N–H and O–H groups in total. The van der Waals surface area contributed by atoms with Crippen molar-refractivity contribution in [3.8, 4) is 34.1 Å². The fourth-order valence-electron chi connectivity index (χ4n) is 8.40. The molecular formula is C49H35N5O. The number of anilines is 3.